The highest BCUT2D eigenvalue weighted by atomic mass is 16.5. The fourth-order valence-corrected chi connectivity index (χ4v) is 3.15. The molecule has 6 nitrogen and oxygen atoms in total. The Hall–Kier alpha value is -2.44. The molecule has 0 bridgehead atoms. The van der Waals surface area contributed by atoms with Gasteiger partial charge < -0.3 is 14.8 Å². The third-order valence-corrected chi connectivity index (χ3v) is 4.95. The normalized spacial score (nSPS) is 15.5. The van der Waals surface area contributed by atoms with E-state index in [-0.39, 0.29) is 5.91 Å². The van der Waals surface area contributed by atoms with Gasteiger partial charge in [0.2, 0.25) is 5.91 Å². The van der Waals surface area contributed by atoms with Crippen molar-refractivity contribution in [3.05, 3.63) is 47.7 Å². The lowest BCUT2D eigenvalue weighted by Crippen LogP contribution is -2.41. The number of amides is 1. The molecule has 1 aliphatic rings. The first-order valence-corrected chi connectivity index (χ1v) is 9.29. The lowest BCUT2D eigenvalue weighted by molar-refractivity contribution is -0.117. The van der Waals surface area contributed by atoms with E-state index >= 15 is 0 Å². The molecule has 6 heteroatoms. The summed E-state index contributed by atoms with van der Waals surface area (Å²) in [6.45, 7) is 6.22. The van der Waals surface area contributed by atoms with Gasteiger partial charge in [-0.25, -0.2) is 4.98 Å². The van der Waals surface area contributed by atoms with E-state index in [1.165, 1.54) is 11.1 Å². The number of aryl methyl sites for hydroxylation is 2. The van der Waals surface area contributed by atoms with Crippen LogP contribution < -0.4 is 10.1 Å². The Kier molecular flexibility index (Phi) is 6.42. The molecule has 0 spiro atoms. The Morgan fingerprint density at radius 2 is 1.89 bits per heavy atom. The van der Waals surface area contributed by atoms with Gasteiger partial charge in [-0.1, -0.05) is 6.07 Å². The predicted octanol–water partition coefficient (Wildman–Crippen LogP) is 3.54. The standard InChI is InChI=1S/C21H27N3O3/c1-15-4-5-18(12-16(15)2)27-19-6-9-22-20(13-19)23-21(25)14-24-10-7-17(26-3)8-11-24/h4-6,9,12-13,17H,7-8,10-11,14H2,1-3H3,(H,22,23,25). The summed E-state index contributed by atoms with van der Waals surface area (Å²) in [6, 6.07) is 9.48. The molecule has 0 unspecified atom stereocenters. The number of methoxy groups -OCH3 is 1. The summed E-state index contributed by atoms with van der Waals surface area (Å²) in [7, 11) is 1.74. The van der Waals surface area contributed by atoms with Crippen LogP contribution in [0.15, 0.2) is 36.5 Å². The number of aromatic nitrogens is 1. The van der Waals surface area contributed by atoms with Crippen molar-refractivity contribution in [2.75, 3.05) is 32.1 Å². The summed E-state index contributed by atoms with van der Waals surface area (Å²) in [6.07, 6.45) is 3.86. The summed E-state index contributed by atoms with van der Waals surface area (Å²) in [5.74, 6) is 1.84. The molecule has 1 aromatic heterocycles. The molecule has 1 fully saturated rings. The first kappa shape index (κ1) is 19.3. The van der Waals surface area contributed by atoms with Crippen molar-refractivity contribution in [2.24, 2.45) is 0 Å². The maximum absolute atomic E-state index is 12.3. The predicted molar refractivity (Wildman–Crippen MR) is 105 cm³/mol. The van der Waals surface area contributed by atoms with Gasteiger partial charge in [0, 0.05) is 32.5 Å². The van der Waals surface area contributed by atoms with Crippen molar-refractivity contribution >= 4 is 11.7 Å². The monoisotopic (exact) mass is 369 g/mol. The smallest absolute Gasteiger partial charge is 0.239 e. The van der Waals surface area contributed by atoms with Gasteiger partial charge >= 0.3 is 0 Å². The lowest BCUT2D eigenvalue weighted by atomic mass is 10.1. The van der Waals surface area contributed by atoms with Gasteiger partial charge in [0.05, 0.1) is 12.6 Å². The van der Waals surface area contributed by atoms with Crippen molar-refractivity contribution in [3.8, 4) is 11.5 Å². The Balaban J connectivity index is 1.55. The number of likely N-dealkylation sites (tertiary alicyclic amines) is 1. The van der Waals surface area contributed by atoms with E-state index in [9.17, 15) is 4.79 Å². The number of hydrogen-bond acceptors (Lipinski definition) is 5. The Labute approximate surface area is 160 Å². The minimum atomic E-state index is -0.0679. The molecule has 0 radical (unpaired) electrons. The van der Waals surface area contributed by atoms with Crippen LogP contribution in [0.4, 0.5) is 5.82 Å². The number of rotatable bonds is 6. The molecule has 1 amide bonds. The lowest BCUT2D eigenvalue weighted by Gasteiger charge is -2.30. The summed E-state index contributed by atoms with van der Waals surface area (Å²) < 4.78 is 11.3. The van der Waals surface area contributed by atoms with E-state index in [2.05, 4.69) is 29.0 Å². The number of hydrogen-bond donors (Lipinski definition) is 1. The quantitative estimate of drug-likeness (QED) is 0.844. The van der Waals surface area contributed by atoms with Crippen LogP contribution in [0, 0.1) is 13.8 Å². The van der Waals surface area contributed by atoms with E-state index in [1.807, 2.05) is 18.2 Å². The highest BCUT2D eigenvalue weighted by Gasteiger charge is 2.20. The molecule has 1 saturated heterocycles. The van der Waals surface area contributed by atoms with Crippen LogP contribution in [0.3, 0.4) is 0 Å². The number of pyridine rings is 1. The van der Waals surface area contributed by atoms with Crippen LogP contribution in [0.5, 0.6) is 11.5 Å². The van der Waals surface area contributed by atoms with E-state index in [4.69, 9.17) is 9.47 Å². The summed E-state index contributed by atoms with van der Waals surface area (Å²) in [4.78, 5) is 18.7. The molecule has 0 aliphatic carbocycles. The maximum Gasteiger partial charge on any atom is 0.239 e. The average Bonchev–Trinajstić information content (AvgIpc) is 2.65. The van der Waals surface area contributed by atoms with Crippen molar-refractivity contribution in [3.63, 3.8) is 0 Å². The zero-order valence-corrected chi connectivity index (χ0v) is 16.2. The van der Waals surface area contributed by atoms with Crippen LogP contribution in [0.2, 0.25) is 0 Å². The second kappa shape index (κ2) is 8.97. The Morgan fingerprint density at radius 3 is 2.59 bits per heavy atom. The number of carbonyl (C=O) groups excluding carboxylic acids is 1. The molecule has 0 atom stereocenters. The fraction of sp³-hybridized carbons (Fsp3) is 0.429. The number of benzene rings is 1. The first-order valence-electron chi connectivity index (χ1n) is 9.29. The zero-order chi connectivity index (χ0) is 19.2. The van der Waals surface area contributed by atoms with E-state index < -0.39 is 0 Å². The van der Waals surface area contributed by atoms with Crippen LogP contribution in [-0.2, 0) is 9.53 Å². The van der Waals surface area contributed by atoms with Crippen LogP contribution in [0.1, 0.15) is 24.0 Å². The molecule has 1 aliphatic heterocycles. The molecular formula is C21H27N3O3. The number of nitrogens with zero attached hydrogens (tertiary/aromatic N) is 2. The van der Waals surface area contributed by atoms with Crippen LogP contribution in [0.25, 0.3) is 0 Å². The summed E-state index contributed by atoms with van der Waals surface area (Å²) in [5.41, 5.74) is 2.40. The average molecular weight is 369 g/mol. The molecule has 1 aromatic carbocycles. The van der Waals surface area contributed by atoms with Gasteiger partial charge in [-0.2, -0.15) is 0 Å². The van der Waals surface area contributed by atoms with E-state index in [0.29, 0.717) is 24.2 Å². The van der Waals surface area contributed by atoms with Crippen molar-refractivity contribution < 1.29 is 14.3 Å². The maximum atomic E-state index is 12.3. The molecule has 2 heterocycles. The van der Waals surface area contributed by atoms with Gasteiger partial charge in [-0.3, -0.25) is 9.69 Å². The third kappa shape index (κ3) is 5.52. The molecule has 144 valence electrons. The summed E-state index contributed by atoms with van der Waals surface area (Å²) >= 11 is 0. The van der Waals surface area contributed by atoms with Crippen molar-refractivity contribution in [1.29, 1.82) is 0 Å². The van der Waals surface area contributed by atoms with E-state index in [0.717, 1.165) is 31.7 Å². The van der Waals surface area contributed by atoms with Crippen molar-refractivity contribution in [2.45, 2.75) is 32.8 Å². The highest BCUT2D eigenvalue weighted by molar-refractivity contribution is 5.91. The topological polar surface area (TPSA) is 63.7 Å². The zero-order valence-electron chi connectivity index (χ0n) is 16.2. The van der Waals surface area contributed by atoms with E-state index in [1.54, 1.807) is 25.4 Å². The van der Waals surface area contributed by atoms with Crippen LogP contribution in [-0.4, -0.2) is 48.6 Å². The first-order chi connectivity index (χ1) is 13.0. The van der Waals surface area contributed by atoms with Gasteiger partial charge in [0.25, 0.3) is 0 Å². The third-order valence-electron chi connectivity index (χ3n) is 4.95. The molecule has 27 heavy (non-hydrogen) atoms. The molecule has 2 aromatic rings. The number of piperidine rings is 1. The largest absolute Gasteiger partial charge is 0.457 e. The minimum absolute atomic E-state index is 0.0679. The Morgan fingerprint density at radius 1 is 1.15 bits per heavy atom. The Bertz CT molecular complexity index is 786. The second-order valence-electron chi connectivity index (χ2n) is 6.98. The molecule has 0 saturated carbocycles. The fourth-order valence-electron chi connectivity index (χ4n) is 3.15. The molecular weight excluding hydrogens is 342 g/mol. The summed E-state index contributed by atoms with van der Waals surface area (Å²) in [5, 5.41) is 2.86. The number of anilines is 1. The van der Waals surface area contributed by atoms with Crippen molar-refractivity contribution in [1.82, 2.24) is 9.88 Å². The van der Waals surface area contributed by atoms with Gasteiger partial charge in [0.1, 0.15) is 17.3 Å². The van der Waals surface area contributed by atoms with Gasteiger partial charge in [-0.05, 0) is 56.0 Å². The van der Waals surface area contributed by atoms with Gasteiger partial charge in [0.15, 0.2) is 0 Å². The molecule has 1 N–H and O–H groups in total. The SMILES string of the molecule is COC1CCN(CC(=O)Nc2cc(Oc3ccc(C)c(C)c3)ccn2)CC1. The highest BCUT2D eigenvalue weighted by Crippen LogP contribution is 2.25. The second-order valence-corrected chi connectivity index (χ2v) is 6.98. The van der Waals surface area contributed by atoms with Gasteiger partial charge in [-0.15, -0.1) is 0 Å². The number of nitrogens with one attached hydrogen (secondary N) is 1. The van der Waals surface area contributed by atoms with Crippen LogP contribution >= 0.6 is 0 Å². The molecule has 3 rings (SSSR count). The minimum Gasteiger partial charge on any atom is -0.457 e. The number of ether oxygens (including phenoxy) is 2. The number of carbonyl (C=O) groups is 1.